The zero-order valence-electron chi connectivity index (χ0n) is 12.8. The second-order valence-corrected chi connectivity index (χ2v) is 5.71. The molecule has 1 saturated carbocycles. The first-order valence-electron chi connectivity index (χ1n) is 7.35. The van der Waals surface area contributed by atoms with E-state index < -0.39 is 16.8 Å². The molecule has 1 aromatic carbocycles. The molecule has 2 atom stereocenters. The Morgan fingerprint density at radius 1 is 1.39 bits per heavy atom. The second kappa shape index (κ2) is 7.08. The fraction of sp³-hybridized carbons (Fsp3) is 0.467. The van der Waals surface area contributed by atoms with Gasteiger partial charge in [0.25, 0.3) is 5.69 Å². The Labute approximate surface area is 133 Å². The van der Waals surface area contributed by atoms with Crippen molar-refractivity contribution in [2.75, 3.05) is 18.5 Å². The van der Waals surface area contributed by atoms with Crippen molar-refractivity contribution in [2.45, 2.75) is 25.3 Å². The van der Waals surface area contributed by atoms with Crippen LogP contribution in [0.4, 0.5) is 11.4 Å². The van der Waals surface area contributed by atoms with Crippen LogP contribution < -0.4 is 10.2 Å². The van der Waals surface area contributed by atoms with Crippen LogP contribution in [0.1, 0.15) is 19.3 Å². The smallest absolute Gasteiger partial charge is 0.306 e. The SMILES string of the molecule is CN(CC(=O)N[C@H]1CC[C@@H](C(=O)O)C1)c1ccccc1[N+](=O)[O-]. The Morgan fingerprint density at radius 2 is 2.09 bits per heavy atom. The van der Waals surface area contributed by atoms with Gasteiger partial charge in [0.2, 0.25) is 5.91 Å². The molecule has 1 fully saturated rings. The molecule has 1 aromatic rings. The molecule has 0 heterocycles. The number of nitrogens with zero attached hydrogens (tertiary/aromatic N) is 2. The predicted octanol–water partition coefficient (Wildman–Crippen LogP) is 1.40. The molecule has 1 aliphatic rings. The average molecular weight is 321 g/mol. The Balaban J connectivity index is 1.93. The number of likely N-dealkylation sites (N-methyl/N-ethyl adjacent to an activating group) is 1. The molecule has 1 amide bonds. The largest absolute Gasteiger partial charge is 0.481 e. The van der Waals surface area contributed by atoms with Gasteiger partial charge >= 0.3 is 5.97 Å². The van der Waals surface area contributed by atoms with Gasteiger partial charge in [-0.05, 0) is 25.3 Å². The maximum atomic E-state index is 12.1. The van der Waals surface area contributed by atoms with E-state index in [4.69, 9.17) is 5.11 Å². The number of para-hydroxylation sites is 2. The summed E-state index contributed by atoms with van der Waals surface area (Å²) in [5.41, 5.74) is 0.303. The normalized spacial score (nSPS) is 20.0. The number of nitrogens with one attached hydrogen (secondary N) is 1. The summed E-state index contributed by atoms with van der Waals surface area (Å²) in [7, 11) is 1.61. The molecule has 0 saturated heterocycles. The number of carbonyl (C=O) groups is 2. The molecule has 124 valence electrons. The second-order valence-electron chi connectivity index (χ2n) is 5.71. The summed E-state index contributed by atoms with van der Waals surface area (Å²) < 4.78 is 0. The highest BCUT2D eigenvalue weighted by Gasteiger charge is 2.30. The van der Waals surface area contributed by atoms with E-state index in [0.717, 1.165) is 0 Å². The van der Waals surface area contributed by atoms with E-state index in [0.29, 0.717) is 24.9 Å². The topological polar surface area (TPSA) is 113 Å². The first kappa shape index (κ1) is 16.7. The van der Waals surface area contributed by atoms with Crippen LogP contribution in [0.25, 0.3) is 0 Å². The Kier molecular flexibility index (Phi) is 5.15. The summed E-state index contributed by atoms with van der Waals surface area (Å²) in [6.07, 6.45) is 1.62. The molecule has 0 aliphatic heterocycles. The molecule has 23 heavy (non-hydrogen) atoms. The van der Waals surface area contributed by atoms with E-state index in [1.165, 1.54) is 11.0 Å². The fourth-order valence-electron chi connectivity index (χ4n) is 2.85. The molecule has 0 radical (unpaired) electrons. The Bertz CT molecular complexity index is 619. The van der Waals surface area contributed by atoms with Crippen LogP contribution >= 0.6 is 0 Å². The standard InChI is InChI=1S/C15H19N3O5/c1-17(12-4-2-3-5-13(12)18(22)23)9-14(19)16-11-7-6-10(8-11)15(20)21/h2-5,10-11H,6-9H2,1H3,(H,16,19)(H,20,21)/t10-,11+/m1/s1. The van der Waals surface area contributed by atoms with Crippen molar-refractivity contribution in [3.63, 3.8) is 0 Å². The molecule has 0 unspecified atom stereocenters. The zero-order chi connectivity index (χ0) is 17.0. The van der Waals surface area contributed by atoms with Crippen LogP contribution in [0.5, 0.6) is 0 Å². The number of hydrogen-bond donors (Lipinski definition) is 2. The van der Waals surface area contributed by atoms with Gasteiger partial charge in [0.05, 0.1) is 17.4 Å². The molecule has 0 bridgehead atoms. The minimum atomic E-state index is -0.834. The minimum absolute atomic E-state index is 0.0287. The number of rotatable bonds is 6. The van der Waals surface area contributed by atoms with E-state index in [2.05, 4.69) is 5.32 Å². The lowest BCUT2D eigenvalue weighted by Gasteiger charge is -2.20. The molecular formula is C15H19N3O5. The van der Waals surface area contributed by atoms with Crippen LogP contribution in [0, 0.1) is 16.0 Å². The summed E-state index contributed by atoms with van der Waals surface area (Å²) in [4.78, 5) is 35.0. The third-order valence-corrected chi connectivity index (χ3v) is 4.02. The molecule has 0 spiro atoms. The monoisotopic (exact) mass is 321 g/mol. The highest BCUT2D eigenvalue weighted by atomic mass is 16.6. The third kappa shape index (κ3) is 4.18. The van der Waals surface area contributed by atoms with Gasteiger partial charge in [-0.2, -0.15) is 0 Å². The van der Waals surface area contributed by atoms with Crippen LogP contribution in [-0.2, 0) is 9.59 Å². The number of nitro benzene ring substituents is 1. The van der Waals surface area contributed by atoms with Gasteiger partial charge < -0.3 is 15.3 Å². The van der Waals surface area contributed by atoms with Crippen molar-refractivity contribution in [1.82, 2.24) is 5.32 Å². The lowest BCUT2D eigenvalue weighted by Crippen LogP contribution is -2.40. The predicted molar refractivity (Wildman–Crippen MR) is 83.3 cm³/mol. The number of carboxylic acid groups (broad SMARTS) is 1. The summed E-state index contributed by atoms with van der Waals surface area (Å²) in [6.45, 7) is -0.0287. The number of hydrogen-bond acceptors (Lipinski definition) is 5. The molecule has 2 rings (SSSR count). The zero-order valence-corrected chi connectivity index (χ0v) is 12.8. The van der Waals surface area contributed by atoms with Gasteiger partial charge in [-0.15, -0.1) is 0 Å². The lowest BCUT2D eigenvalue weighted by molar-refractivity contribution is -0.384. The van der Waals surface area contributed by atoms with Crippen LogP contribution in [0.15, 0.2) is 24.3 Å². The molecule has 1 aliphatic carbocycles. The van der Waals surface area contributed by atoms with Gasteiger partial charge in [-0.25, -0.2) is 0 Å². The van der Waals surface area contributed by atoms with Gasteiger partial charge in [0.15, 0.2) is 0 Å². The van der Waals surface area contributed by atoms with Crippen molar-refractivity contribution in [3.05, 3.63) is 34.4 Å². The van der Waals surface area contributed by atoms with Crippen LogP contribution in [-0.4, -0.2) is 41.5 Å². The molecule has 2 N–H and O–H groups in total. The molecule has 0 aromatic heterocycles. The summed E-state index contributed by atoms with van der Waals surface area (Å²) in [6, 6.07) is 6.06. The van der Waals surface area contributed by atoms with E-state index in [1.807, 2.05) is 0 Å². The Morgan fingerprint density at radius 3 is 2.70 bits per heavy atom. The Hall–Kier alpha value is -2.64. The first-order valence-corrected chi connectivity index (χ1v) is 7.35. The van der Waals surface area contributed by atoms with E-state index in [9.17, 15) is 19.7 Å². The molecule has 8 heteroatoms. The van der Waals surface area contributed by atoms with Gasteiger partial charge in [0, 0.05) is 19.2 Å². The van der Waals surface area contributed by atoms with Crippen molar-refractivity contribution < 1.29 is 19.6 Å². The number of aliphatic carboxylic acids is 1. The minimum Gasteiger partial charge on any atom is -0.481 e. The van der Waals surface area contributed by atoms with Crippen molar-refractivity contribution in [2.24, 2.45) is 5.92 Å². The number of anilines is 1. The van der Waals surface area contributed by atoms with E-state index >= 15 is 0 Å². The van der Waals surface area contributed by atoms with Gasteiger partial charge in [-0.1, -0.05) is 12.1 Å². The van der Waals surface area contributed by atoms with Crippen LogP contribution in [0.2, 0.25) is 0 Å². The summed E-state index contributed by atoms with van der Waals surface area (Å²) in [5.74, 6) is -1.52. The van der Waals surface area contributed by atoms with E-state index in [1.54, 1.807) is 25.2 Å². The van der Waals surface area contributed by atoms with Crippen molar-refractivity contribution in [1.29, 1.82) is 0 Å². The number of amides is 1. The third-order valence-electron chi connectivity index (χ3n) is 4.02. The van der Waals surface area contributed by atoms with Crippen LogP contribution in [0.3, 0.4) is 0 Å². The number of carbonyl (C=O) groups excluding carboxylic acids is 1. The summed E-state index contributed by atoms with van der Waals surface area (Å²) in [5, 5.41) is 22.8. The maximum absolute atomic E-state index is 12.1. The quantitative estimate of drug-likeness (QED) is 0.605. The fourth-order valence-corrected chi connectivity index (χ4v) is 2.85. The number of nitro groups is 1. The summed E-state index contributed by atoms with van der Waals surface area (Å²) >= 11 is 0. The molecule has 8 nitrogen and oxygen atoms in total. The number of benzene rings is 1. The van der Waals surface area contributed by atoms with E-state index in [-0.39, 0.29) is 24.2 Å². The van der Waals surface area contributed by atoms with Gasteiger partial charge in [-0.3, -0.25) is 19.7 Å². The molecular weight excluding hydrogens is 302 g/mol. The lowest BCUT2D eigenvalue weighted by atomic mass is 10.1. The van der Waals surface area contributed by atoms with Gasteiger partial charge in [0.1, 0.15) is 5.69 Å². The first-order chi connectivity index (χ1) is 10.9. The average Bonchev–Trinajstić information content (AvgIpc) is 2.95. The van der Waals surface area contributed by atoms with Crippen molar-refractivity contribution >= 4 is 23.3 Å². The maximum Gasteiger partial charge on any atom is 0.306 e. The highest BCUT2D eigenvalue weighted by Crippen LogP contribution is 2.27. The van der Waals surface area contributed by atoms with Crippen molar-refractivity contribution in [3.8, 4) is 0 Å². The highest BCUT2D eigenvalue weighted by molar-refractivity contribution is 5.82. The number of carboxylic acids is 1.